The molecule has 19 heavy (non-hydrogen) atoms. The normalized spacial score (nSPS) is 12.7. The van der Waals surface area contributed by atoms with E-state index in [9.17, 15) is 0 Å². The zero-order valence-corrected chi connectivity index (χ0v) is 13.1. The molecular formula is C14H18ClN3S. The molecule has 0 bridgehead atoms. The topological polar surface area (TPSA) is 37.8 Å². The first kappa shape index (κ1) is 14.3. The van der Waals surface area contributed by atoms with Gasteiger partial charge in [0.25, 0.3) is 0 Å². The van der Waals surface area contributed by atoms with Gasteiger partial charge in [0.1, 0.15) is 16.8 Å². The van der Waals surface area contributed by atoms with Crippen molar-refractivity contribution in [1.82, 2.24) is 9.97 Å². The molecular weight excluding hydrogens is 278 g/mol. The van der Waals surface area contributed by atoms with E-state index in [0.29, 0.717) is 16.9 Å². The van der Waals surface area contributed by atoms with Gasteiger partial charge in [-0.3, -0.25) is 0 Å². The average Bonchev–Trinajstić information content (AvgIpc) is 2.84. The molecule has 0 fully saturated rings. The fraction of sp³-hybridized carbons (Fsp3) is 0.429. The van der Waals surface area contributed by atoms with E-state index in [4.69, 9.17) is 11.6 Å². The monoisotopic (exact) mass is 295 g/mol. The van der Waals surface area contributed by atoms with Gasteiger partial charge in [-0.05, 0) is 31.2 Å². The van der Waals surface area contributed by atoms with E-state index in [1.165, 1.54) is 4.88 Å². The molecule has 5 heteroatoms. The highest BCUT2D eigenvalue weighted by atomic mass is 35.5. The number of nitrogens with one attached hydrogen (secondary N) is 1. The van der Waals surface area contributed by atoms with Crippen LogP contribution in [0.3, 0.4) is 0 Å². The van der Waals surface area contributed by atoms with Crippen molar-refractivity contribution >= 4 is 28.8 Å². The van der Waals surface area contributed by atoms with Crippen molar-refractivity contribution in [3.63, 3.8) is 0 Å². The van der Waals surface area contributed by atoms with Crippen LogP contribution in [-0.4, -0.2) is 9.97 Å². The van der Waals surface area contributed by atoms with Gasteiger partial charge >= 0.3 is 0 Å². The Labute approximate surface area is 123 Å². The molecule has 0 aliphatic heterocycles. The molecule has 0 saturated carbocycles. The fourth-order valence-corrected chi connectivity index (χ4v) is 3.08. The number of rotatable bonds is 4. The molecule has 0 saturated heterocycles. The first-order chi connectivity index (χ1) is 8.99. The lowest BCUT2D eigenvalue weighted by Crippen LogP contribution is -2.17. The van der Waals surface area contributed by atoms with Crippen LogP contribution in [0.25, 0.3) is 0 Å². The maximum atomic E-state index is 6.12. The van der Waals surface area contributed by atoms with Crippen LogP contribution in [0.4, 0.5) is 5.82 Å². The molecule has 1 atom stereocenters. The Morgan fingerprint density at radius 1 is 1.26 bits per heavy atom. The van der Waals surface area contributed by atoms with Gasteiger partial charge < -0.3 is 5.32 Å². The van der Waals surface area contributed by atoms with Crippen LogP contribution >= 0.6 is 22.9 Å². The minimum atomic E-state index is 0.240. The van der Waals surface area contributed by atoms with Gasteiger partial charge in [0, 0.05) is 10.4 Å². The number of aromatic nitrogens is 2. The van der Waals surface area contributed by atoms with Crippen LogP contribution in [0.15, 0.2) is 17.5 Å². The summed E-state index contributed by atoms with van der Waals surface area (Å²) in [5.41, 5.74) is 0.898. The Kier molecular flexibility index (Phi) is 4.42. The number of anilines is 1. The predicted octanol–water partition coefficient (Wildman–Crippen LogP) is 4.62. The van der Waals surface area contributed by atoms with Crippen LogP contribution in [0.1, 0.15) is 36.2 Å². The van der Waals surface area contributed by atoms with Gasteiger partial charge in [0.15, 0.2) is 0 Å². The molecule has 2 heterocycles. The third-order valence-corrected chi connectivity index (χ3v) is 4.33. The van der Waals surface area contributed by atoms with E-state index < -0.39 is 0 Å². The van der Waals surface area contributed by atoms with Crippen LogP contribution in [0.2, 0.25) is 5.15 Å². The average molecular weight is 296 g/mol. The number of thiophene rings is 1. The van der Waals surface area contributed by atoms with Crippen molar-refractivity contribution in [2.45, 2.75) is 33.7 Å². The van der Waals surface area contributed by atoms with Crippen molar-refractivity contribution in [2.75, 3.05) is 5.32 Å². The van der Waals surface area contributed by atoms with Crippen molar-refractivity contribution < 1.29 is 0 Å². The molecule has 1 unspecified atom stereocenters. The van der Waals surface area contributed by atoms with Crippen LogP contribution in [0, 0.1) is 19.8 Å². The van der Waals surface area contributed by atoms with Gasteiger partial charge in [-0.1, -0.05) is 31.5 Å². The summed E-state index contributed by atoms with van der Waals surface area (Å²) in [6, 6.07) is 4.46. The maximum absolute atomic E-state index is 6.12. The second-order valence-corrected chi connectivity index (χ2v) is 6.25. The third-order valence-electron chi connectivity index (χ3n) is 3.01. The molecule has 2 aromatic heterocycles. The van der Waals surface area contributed by atoms with Crippen molar-refractivity contribution in [3.05, 3.63) is 38.9 Å². The number of nitrogens with zero attached hydrogens (tertiary/aromatic N) is 2. The van der Waals surface area contributed by atoms with Gasteiger partial charge in [0.2, 0.25) is 0 Å². The van der Waals surface area contributed by atoms with Gasteiger partial charge in [-0.15, -0.1) is 11.3 Å². The molecule has 2 aromatic rings. The lowest BCUT2D eigenvalue weighted by Gasteiger charge is -2.23. The quantitative estimate of drug-likeness (QED) is 0.837. The van der Waals surface area contributed by atoms with Crippen molar-refractivity contribution in [3.8, 4) is 0 Å². The van der Waals surface area contributed by atoms with E-state index in [1.54, 1.807) is 11.3 Å². The van der Waals surface area contributed by atoms with Crippen molar-refractivity contribution in [2.24, 2.45) is 5.92 Å². The van der Waals surface area contributed by atoms with Crippen LogP contribution in [0.5, 0.6) is 0 Å². The highest BCUT2D eigenvalue weighted by Gasteiger charge is 2.19. The first-order valence-electron chi connectivity index (χ1n) is 6.29. The summed E-state index contributed by atoms with van der Waals surface area (Å²) in [6.07, 6.45) is 0. The number of halogens is 1. The zero-order valence-electron chi connectivity index (χ0n) is 11.6. The number of aryl methyl sites for hydroxylation is 1. The predicted molar refractivity (Wildman–Crippen MR) is 82.0 cm³/mol. The lowest BCUT2D eigenvalue weighted by molar-refractivity contribution is 0.551. The molecule has 3 nitrogen and oxygen atoms in total. The molecule has 0 amide bonds. The summed E-state index contributed by atoms with van der Waals surface area (Å²) in [6.45, 7) is 8.19. The van der Waals surface area contributed by atoms with Crippen LogP contribution < -0.4 is 5.32 Å². The minimum absolute atomic E-state index is 0.240. The molecule has 0 radical (unpaired) electrons. The molecule has 0 aliphatic rings. The first-order valence-corrected chi connectivity index (χ1v) is 7.55. The van der Waals surface area contributed by atoms with E-state index in [1.807, 2.05) is 13.8 Å². The number of hydrogen-bond acceptors (Lipinski definition) is 4. The summed E-state index contributed by atoms with van der Waals surface area (Å²) in [5.74, 6) is 1.98. The number of hydrogen-bond donors (Lipinski definition) is 1. The lowest BCUT2D eigenvalue weighted by atomic mass is 10.0. The highest BCUT2D eigenvalue weighted by Crippen LogP contribution is 2.31. The largest absolute Gasteiger partial charge is 0.362 e. The van der Waals surface area contributed by atoms with Gasteiger partial charge in [0.05, 0.1) is 6.04 Å². The summed E-state index contributed by atoms with van der Waals surface area (Å²) < 4.78 is 0. The summed E-state index contributed by atoms with van der Waals surface area (Å²) in [5, 5.41) is 6.12. The van der Waals surface area contributed by atoms with E-state index in [2.05, 4.69) is 46.6 Å². The molecule has 102 valence electrons. The fourth-order valence-electron chi connectivity index (χ4n) is 1.92. The highest BCUT2D eigenvalue weighted by molar-refractivity contribution is 7.10. The van der Waals surface area contributed by atoms with E-state index >= 15 is 0 Å². The van der Waals surface area contributed by atoms with Crippen molar-refractivity contribution in [1.29, 1.82) is 0 Å². The van der Waals surface area contributed by atoms with E-state index in [-0.39, 0.29) is 6.04 Å². The Morgan fingerprint density at radius 2 is 2.00 bits per heavy atom. The standard InChI is InChI=1S/C14H18ClN3S/c1-8(2)12(11-6-5-7-19-11)18-14-9(3)13(15)16-10(4)17-14/h5-8,12H,1-4H3,(H,16,17,18). The third kappa shape index (κ3) is 3.25. The van der Waals surface area contributed by atoms with Gasteiger partial charge in [-0.25, -0.2) is 9.97 Å². The maximum Gasteiger partial charge on any atom is 0.137 e. The molecule has 0 aliphatic carbocycles. The Balaban J connectivity index is 2.33. The SMILES string of the molecule is Cc1nc(Cl)c(C)c(NC(c2cccs2)C(C)C)n1. The minimum Gasteiger partial charge on any atom is -0.362 e. The van der Waals surface area contributed by atoms with E-state index in [0.717, 1.165) is 11.4 Å². The summed E-state index contributed by atoms with van der Waals surface area (Å²) in [4.78, 5) is 9.94. The van der Waals surface area contributed by atoms with Crippen LogP contribution in [-0.2, 0) is 0 Å². The Bertz CT molecular complexity index is 552. The Hall–Kier alpha value is -1.13. The molecule has 0 spiro atoms. The second-order valence-electron chi connectivity index (χ2n) is 4.92. The van der Waals surface area contributed by atoms with Gasteiger partial charge in [-0.2, -0.15) is 0 Å². The molecule has 2 rings (SSSR count). The molecule has 1 N–H and O–H groups in total. The molecule has 0 aromatic carbocycles. The summed E-state index contributed by atoms with van der Waals surface area (Å²) in [7, 11) is 0. The smallest absolute Gasteiger partial charge is 0.137 e. The summed E-state index contributed by atoms with van der Waals surface area (Å²) >= 11 is 7.87. The zero-order chi connectivity index (χ0) is 14.0. The Morgan fingerprint density at radius 3 is 2.58 bits per heavy atom. The second kappa shape index (κ2) is 5.88.